The third kappa shape index (κ3) is 6.66. The van der Waals surface area contributed by atoms with Crippen molar-refractivity contribution in [2.45, 2.75) is 0 Å². The second-order valence-electron chi connectivity index (χ2n) is 16.8. The van der Waals surface area contributed by atoms with Gasteiger partial charge < -0.3 is 4.42 Å². The van der Waals surface area contributed by atoms with Crippen LogP contribution in [-0.4, -0.2) is 19.9 Å². The Hall–Kier alpha value is -8.80. The molecular formula is C60H36N4O. The molecule has 0 bridgehead atoms. The van der Waals surface area contributed by atoms with Crippen molar-refractivity contribution in [1.82, 2.24) is 19.9 Å². The molecule has 10 aromatic carbocycles. The molecule has 0 saturated heterocycles. The summed E-state index contributed by atoms with van der Waals surface area (Å²) >= 11 is 0. The summed E-state index contributed by atoms with van der Waals surface area (Å²) in [4.78, 5) is 20.1. The van der Waals surface area contributed by atoms with Crippen LogP contribution in [0.2, 0.25) is 0 Å². The topological polar surface area (TPSA) is 64.7 Å². The second kappa shape index (κ2) is 14.9. The van der Waals surface area contributed by atoms with Crippen molar-refractivity contribution < 1.29 is 4.42 Å². The van der Waals surface area contributed by atoms with Crippen LogP contribution in [-0.2, 0) is 0 Å². The number of rotatable bonds is 6. The molecule has 0 amide bonds. The quantitative estimate of drug-likeness (QED) is 0.156. The first-order valence-electron chi connectivity index (χ1n) is 21.8. The summed E-state index contributed by atoms with van der Waals surface area (Å²) in [5, 5.41) is 11.8. The van der Waals surface area contributed by atoms with E-state index in [1.807, 2.05) is 36.5 Å². The molecule has 0 aliphatic heterocycles. The van der Waals surface area contributed by atoms with E-state index in [-0.39, 0.29) is 0 Å². The molecule has 13 rings (SSSR count). The van der Waals surface area contributed by atoms with Gasteiger partial charge in [-0.1, -0.05) is 127 Å². The van der Waals surface area contributed by atoms with E-state index >= 15 is 0 Å². The fourth-order valence-corrected chi connectivity index (χ4v) is 9.30. The summed E-state index contributed by atoms with van der Waals surface area (Å²) in [6.45, 7) is 0. The van der Waals surface area contributed by atoms with Gasteiger partial charge in [0.25, 0.3) is 0 Å². The van der Waals surface area contributed by atoms with E-state index in [1.165, 1.54) is 43.1 Å². The molecule has 13 aromatic rings. The van der Waals surface area contributed by atoms with Gasteiger partial charge in [0.15, 0.2) is 17.5 Å². The molecule has 5 nitrogen and oxygen atoms in total. The summed E-state index contributed by atoms with van der Waals surface area (Å²) in [5.74, 6) is 1.72. The summed E-state index contributed by atoms with van der Waals surface area (Å²) in [7, 11) is 0. The Bertz CT molecular complexity index is 3870. The molecule has 0 fully saturated rings. The van der Waals surface area contributed by atoms with Gasteiger partial charge in [-0.25, -0.2) is 15.0 Å². The molecular weight excluding hydrogens is 793 g/mol. The largest absolute Gasteiger partial charge is 0.456 e. The van der Waals surface area contributed by atoms with Crippen LogP contribution >= 0.6 is 0 Å². The van der Waals surface area contributed by atoms with Crippen LogP contribution in [0.5, 0.6) is 0 Å². The van der Waals surface area contributed by atoms with E-state index in [4.69, 9.17) is 19.4 Å². The molecule has 5 heteroatoms. The van der Waals surface area contributed by atoms with Gasteiger partial charge >= 0.3 is 0 Å². The van der Waals surface area contributed by atoms with Gasteiger partial charge in [0, 0.05) is 39.9 Å². The lowest BCUT2D eigenvalue weighted by atomic mass is 9.92. The molecule has 65 heavy (non-hydrogen) atoms. The van der Waals surface area contributed by atoms with E-state index < -0.39 is 0 Å². The Morgan fingerprint density at radius 1 is 0.262 bits per heavy atom. The lowest BCUT2D eigenvalue weighted by Gasteiger charge is -2.14. The van der Waals surface area contributed by atoms with Crippen molar-refractivity contribution in [2.24, 2.45) is 0 Å². The summed E-state index contributed by atoms with van der Waals surface area (Å²) in [6.07, 6.45) is 3.67. The van der Waals surface area contributed by atoms with Gasteiger partial charge in [0.2, 0.25) is 0 Å². The Labute approximate surface area is 374 Å². The molecule has 3 aromatic heterocycles. The van der Waals surface area contributed by atoms with Crippen molar-refractivity contribution in [3.63, 3.8) is 0 Å². The summed E-state index contributed by atoms with van der Waals surface area (Å²) < 4.78 is 6.36. The average molecular weight is 829 g/mol. The van der Waals surface area contributed by atoms with Gasteiger partial charge in [-0.15, -0.1) is 0 Å². The lowest BCUT2D eigenvalue weighted by Crippen LogP contribution is -2.00. The number of hydrogen-bond donors (Lipinski definition) is 0. The maximum absolute atomic E-state index is 6.36. The van der Waals surface area contributed by atoms with Crippen LogP contribution in [0.1, 0.15) is 0 Å². The van der Waals surface area contributed by atoms with Crippen LogP contribution in [0.3, 0.4) is 0 Å². The Morgan fingerprint density at radius 3 is 1.35 bits per heavy atom. The first-order valence-corrected chi connectivity index (χ1v) is 21.8. The third-order valence-electron chi connectivity index (χ3n) is 12.7. The van der Waals surface area contributed by atoms with Crippen molar-refractivity contribution in [3.05, 3.63) is 219 Å². The molecule has 302 valence electrons. The van der Waals surface area contributed by atoms with Crippen molar-refractivity contribution >= 4 is 65.0 Å². The highest BCUT2D eigenvalue weighted by molar-refractivity contribution is 6.06. The van der Waals surface area contributed by atoms with Crippen molar-refractivity contribution in [2.75, 3.05) is 0 Å². The molecule has 0 aliphatic carbocycles. The average Bonchev–Trinajstić information content (AvgIpc) is 3.75. The normalized spacial score (nSPS) is 11.7. The molecule has 0 N–H and O–H groups in total. The highest BCUT2D eigenvalue weighted by Crippen LogP contribution is 2.38. The number of benzene rings is 10. The highest BCUT2D eigenvalue weighted by atomic mass is 16.3. The number of hydrogen-bond acceptors (Lipinski definition) is 5. The number of para-hydroxylation sites is 1. The summed E-state index contributed by atoms with van der Waals surface area (Å²) in [5.41, 5.74) is 10.7. The minimum Gasteiger partial charge on any atom is -0.456 e. The Kier molecular flexibility index (Phi) is 8.46. The Morgan fingerprint density at radius 2 is 0.738 bits per heavy atom. The maximum atomic E-state index is 6.36. The third-order valence-corrected chi connectivity index (χ3v) is 12.7. The molecule has 0 atom stereocenters. The van der Waals surface area contributed by atoms with Crippen LogP contribution in [0.25, 0.3) is 133 Å². The number of furan rings is 1. The van der Waals surface area contributed by atoms with Gasteiger partial charge in [-0.05, 0) is 155 Å². The van der Waals surface area contributed by atoms with Crippen LogP contribution in [0.15, 0.2) is 223 Å². The van der Waals surface area contributed by atoms with Gasteiger partial charge in [-0.2, -0.15) is 0 Å². The minimum absolute atomic E-state index is 0.561. The second-order valence-corrected chi connectivity index (χ2v) is 16.8. The van der Waals surface area contributed by atoms with E-state index in [0.717, 1.165) is 72.0 Å². The molecule has 0 aliphatic rings. The van der Waals surface area contributed by atoms with Gasteiger partial charge in [-0.3, -0.25) is 4.98 Å². The van der Waals surface area contributed by atoms with Crippen LogP contribution in [0.4, 0.5) is 0 Å². The van der Waals surface area contributed by atoms with Gasteiger partial charge in [0.05, 0.1) is 0 Å². The smallest absolute Gasteiger partial charge is 0.164 e. The summed E-state index contributed by atoms with van der Waals surface area (Å²) in [6, 6.07) is 73.2. The van der Waals surface area contributed by atoms with Crippen LogP contribution in [0, 0.1) is 0 Å². The SMILES string of the molecule is c1cncc(-c2ccc(-c3nc(-c4cc(-c5ccc6cc7ccccc7cc6c5)cc(-c5ccc6cc7ccccc7cc6c5)c4)nc(-c4ccc5c(c4)oc4ccccc45)n3)cc2)c1. The first kappa shape index (κ1) is 36.8. The zero-order valence-electron chi connectivity index (χ0n) is 35.0. The zero-order chi connectivity index (χ0) is 42.8. The zero-order valence-corrected chi connectivity index (χ0v) is 35.0. The van der Waals surface area contributed by atoms with Crippen molar-refractivity contribution in [1.29, 1.82) is 0 Å². The fraction of sp³-hybridized carbons (Fsp3) is 0. The number of nitrogens with zero attached hydrogens (tertiary/aromatic N) is 4. The van der Waals surface area contributed by atoms with E-state index in [9.17, 15) is 0 Å². The number of fused-ring (bicyclic) bond motifs is 7. The lowest BCUT2D eigenvalue weighted by molar-refractivity contribution is 0.669. The molecule has 0 radical (unpaired) electrons. The Balaban J connectivity index is 1.01. The monoisotopic (exact) mass is 828 g/mol. The van der Waals surface area contributed by atoms with Gasteiger partial charge in [0.1, 0.15) is 11.2 Å². The molecule has 0 unspecified atom stereocenters. The van der Waals surface area contributed by atoms with Crippen molar-refractivity contribution in [3.8, 4) is 67.5 Å². The van der Waals surface area contributed by atoms with Crippen LogP contribution < -0.4 is 0 Å². The highest BCUT2D eigenvalue weighted by Gasteiger charge is 2.17. The predicted molar refractivity (Wildman–Crippen MR) is 268 cm³/mol. The number of aromatic nitrogens is 4. The van der Waals surface area contributed by atoms with E-state index in [0.29, 0.717) is 17.5 Å². The predicted octanol–water partition coefficient (Wildman–Crippen LogP) is 15.8. The number of pyridine rings is 1. The van der Waals surface area contributed by atoms with E-state index in [1.54, 1.807) is 6.20 Å². The minimum atomic E-state index is 0.561. The molecule has 0 spiro atoms. The maximum Gasteiger partial charge on any atom is 0.164 e. The fourth-order valence-electron chi connectivity index (χ4n) is 9.30. The molecule has 0 saturated carbocycles. The first-order chi connectivity index (χ1) is 32.1. The standard InChI is InChI=1S/C60H36N4O/c1-3-10-41-28-49-30-45(21-19-43(49)26-39(41)8-1)51-32-52(46-22-20-44-27-40-9-2-4-11-42(40)29-50(44)31-46)34-53(33-51)60-63-58(38-17-15-37(16-18-38)48-12-7-25-61-36-48)62-59(64-60)47-23-24-55-54-13-5-6-14-56(54)65-57(55)35-47/h1-36H. The molecule has 3 heterocycles. The van der Waals surface area contributed by atoms with E-state index in [2.05, 4.69) is 181 Å².